The van der Waals surface area contributed by atoms with E-state index in [1.54, 1.807) is 0 Å². The summed E-state index contributed by atoms with van der Waals surface area (Å²) in [6.07, 6.45) is -4.45. The molecule has 0 radical (unpaired) electrons. The van der Waals surface area contributed by atoms with Gasteiger partial charge in [0, 0.05) is 7.05 Å². The van der Waals surface area contributed by atoms with Gasteiger partial charge in [0.15, 0.2) is 5.72 Å². The number of carbonyl (C=O) groups excluding carboxylic acids is 1. The summed E-state index contributed by atoms with van der Waals surface area (Å²) < 4.78 is 4.89. The van der Waals surface area contributed by atoms with Crippen LogP contribution in [-0.2, 0) is 4.74 Å². The van der Waals surface area contributed by atoms with Crippen LogP contribution in [0.3, 0.4) is 0 Å². The Morgan fingerprint density at radius 1 is 1.61 bits per heavy atom. The molecule has 0 bridgehead atoms. The van der Waals surface area contributed by atoms with Gasteiger partial charge in [-0.2, -0.15) is 5.01 Å². The molecular formula is C8H15N3O7. The van der Waals surface area contributed by atoms with Gasteiger partial charge in [-0.1, -0.05) is 0 Å². The zero-order chi connectivity index (χ0) is 13.9. The van der Waals surface area contributed by atoms with Crippen LogP contribution in [0.25, 0.3) is 0 Å². The molecule has 4 atom stereocenters. The highest BCUT2D eigenvalue weighted by molar-refractivity contribution is 5.74. The largest absolute Gasteiger partial charge is 0.394 e. The standard InChI is InChI=1S/C8H15N3O7/c1-11(10-17)7(15)9-8(16)3-18-4(2-12)5(13)6(8)14/h4-6,12-14,16H,2-3H2,1H3,(H,9,15)/t4-,5-,6+,8+/m1/s1. The third-order valence-electron chi connectivity index (χ3n) is 2.63. The summed E-state index contributed by atoms with van der Waals surface area (Å²) in [6, 6.07) is -1.08. The van der Waals surface area contributed by atoms with Gasteiger partial charge in [0.25, 0.3) is 0 Å². The van der Waals surface area contributed by atoms with Gasteiger partial charge in [-0.15, -0.1) is 4.91 Å². The molecule has 1 saturated heterocycles. The lowest BCUT2D eigenvalue weighted by Crippen LogP contribution is -2.70. The van der Waals surface area contributed by atoms with Crippen LogP contribution in [0, 0.1) is 4.91 Å². The minimum absolute atomic E-state index is 0.356. The number of amides is 2. The number of hydrogen-bond acceptors (Lipinski definition) is 8. The van der Waals surface area contributed by atoms with Crippen molar-refractivity contribution in [3.63, 3.8) is 0 Å². The van der Waals surface area contributed by atoms with Crippen LogP contribution in [0.15, 0.2) is 5.29 Å². The van der Waals surface area contributed by atoms with Crippen LogP contribution < -0.4 is 5.32 Å². The fraction of sp³-hybridized carbons (Fsp3) is 0.875. The molecule has 0 unspecified atom stereocenters. The van der Waals surface area contributed by atoms with Crippen LogP contribution >= 0.6 is 0 Å². The molecule has 10 heteroatoms. The van der Waals surface area contributed by atoms with Crippen molar-refractivity contribution < 1.29 is 30.0 Å². The van der Waals surface area contributed by atoms with Crippen molar-refractivity contribution in [3.8, 4) is 0 Å². The minimum Gasteiger partial charge on any atom is -0.394 e. The average Bonchev–Trinajstić information content (AvgIpc) is 2.35. The van der Waals surface area contributed by atoms with Crippen LogP contribution in [0.5, 0.6) is 0 Å². The Morgan fingerprint density at radius 3 is 2.72 bits per heavy atom. The Kier molecular flexibility index (Phi) is 4.53. The second-order valence-electron chi connectivity index (χ2n) is 3.93. The van der Waals surface area contributed by atoms with E-state index in [1.165, 1.54) is 0 Å². The van der Waals surface area contributed by atoms with Gasteiger partial charge in [0.1, 0.15) is 18.3 Å². The average molecular weight is 265 g/mol. The van der Waals surface area contributed by atoms with Gasteiger partial charge >= 0.3 is 6.03 Å². The van der Waals surface area contributed by atoms with Crippen molar-refractivity contribution in [1.29, 1.82) is 0 Å². The fourth-order valence-corrected chi connectivity index (χ4v) is 1.48. The van der Waals surface area contributed by atoms with Crippen LogP contribution in [0.4, 0.5) is 4.79 Å². The number of rotatable bonds is 3. The van der Waals surface area contributed by atoms with Crippen molar-refractivity contribution in [1.82, 2.24) is 10.3 Å². The van der Waals surface area contributed by atoms with Crippen LogP contribution in [0.2, 0.25) is 0 Å². The summed E-state index contributed by atoms with van der Waals surface area (Å²) in [5.74, 6) is 0. The highest BCUT2D eigenvalue weighted by Crippen LogP contribution is 2.22. The fourth-order valence-electron chi connectivity index (χ4n) is 1.48. The Hall–Kier alpha value is -1.33. The Bertz CT molecular complexity index is 328. The molecule has 0 aliphatic carbocycles. The number of hydrogen-bond donors (Lipinski definition) is 5. The number of nitrogens with zero attached hydrogens (tertiary/aromatic N) is 2. The lowest BCUT2D eigenvalue weighted by Gasteiger charge is -2.43. The lowest BCUT2D eigenvalue weighted by atomic mass is 9.95. The number of urea groups is 1. The van der Waals surface area contributed by atoms with Gasteiger partial charge < -0.3 is 30.5 Å². The summed E-state index contributed by atoms with van der Waals surface area (Å²) >= 11 is 0. The number of carbonyl (C=O) groups is 1. The minimum atomic E-state index is -2.28. The summed E-state index contributed by atoms with van der Waals surface area (Å²) in [6.45, 7) is -1.12. The first kappa shape index (κ1) is 14.7. The Morgan fingerprint density at radius 2 is 2.22 bits per heavy atom. The molecule has 0 aromatic heterocycles. The van der Waals surface area contributed by atoms with Gasteiger partial charge in [0.05, 0.1) is 18.5 Å². The van der Waals surface area contributed by atoms with Crippen molar-refractivity contribution in [2.45, 2.75) is 24.0 Å². The molecule has 1 aliphatic heterocycles. The number of aliphatic hydroxyl groups excluding tert-OH is 3. The van der Waals surface area contributed by atoms with E-state index in [-0.39, 0.29) is 0 Å². The van der Waals surface area contributed by atoms with Gasteiger partial charge in [0.2, 0.25) is 0 Å². The third kappa shape index (κ3) is 2.73. The topological polar surface area (TPSA) is 152 Å². The van der Waals surface area contributed by atoms with Crippen molar-refractivity contribution in [3.05, 3.63) is 4.91 Å². The molecule has 104 valence electrons. The smallest absolute Gasteiger partial charge is 0.342 e. The van der Waals surface area contributed by atoms with Gasteiger partial charge in [-0.05, 0) is 0 Å². The molecule has 18 heavy (non-hydrogen) atoms. The maximum atomic E-state index is 11.3. The molecule has 2 amide bonds. The van der Waals surface area contributed by atoms with E-state index in [9.17, 15) is 25.0 Å². The predicted octanol–water partition coefficient (Wildman–Crippen LogP) is -2.89. The first-order valence-electron chi connectivity index (χ1n) is 5.06. The summed E-state index contributed by atoms with van der Waals surface area (Å²) in [7, 11) is 1.04. The molecule has 0 spiro atoms. The third-order valence-corrected chi connectivity index (χ3v) is 2.63. The second-order valence-corrected chi connectivity index (χ2v) is 3.93. The molecule has 5 N–H and O–H groups in total. The molecule has 1 aliphatic rings. The molecule has 1 fully saturated rings. The molecule has 10 nitrogen and oxygen atoms in total. The highest BCUT2D eigenvalue weighted by Gasteiger charge is 2.49. The molecule has 0 saturated carbocycles. The van der Waals surface area contributed by atoms with E-state index in [1.807, 2.05) is 5.32 Å². The normalized spacial score (nSPS) is 35.9. The zero-order valence-corrected chi connectivity index (χ0v) is 9.55. The van der Waals surface area contributed by atoms with Gasteiger partial charge in [-0.25, -0.2) is 4.79 Å². The second kappa shape index (κ2) is 5.54. The van der Waals surface area contributed by atoms with Crippen LogP contribution in [-0.4, -0.2) is 75.8 Å². The van der Waals surface area contributed by atoms with Crippen molar-refractivity contribution in [2.24, 2.45) is 5.29 Å². The maximum absolute atomic E-state index is 11.3. The number of ether oxygens (including phenoxy) is 1. The molecule has 0 aromatic rings. The van der Waals surface area contributed by atoms with Crippen molar-refractivity contribution in [2.75, 3.05) is 20.3 Å². The zero-order valence-electron chi connectivity index (χ0n) is 9.55. The summed E-state index contributed by atoms with van der Waals surface area (Å²) in [5, 5.41) is 42.5. The van der Waals surface area contributed by atoms with E-state index in [0.29, 0.717) is 5.01 Å². The predicted molar refractivity (Wildman–Crippen MR) is 55.9 cm³/mol. The Balaban J connectivity index is 2.75. The number of nitrogens with one attached hydrogen (secondary N) is 1. The first-order valence-corrected chi connectivity index (χ1v) is 5.06. The Labute approximate surface area is 102 Å². The molecule has 1 heterocycles. The van der Waals surface area contributed by atoms with E-state index >= 15 is 0 Å². The SMILES string of the molecule is CN(N=O)C(=O)N[C@]1(O)CO[C@H](CO)[C@@H](O)[C@@H]1O. The van der Waals surface area contributed by atoms with E-state index in [4.69, 9.17) is 9.84 Å². The monoisotopic (exact) mass is 265 g/mol. The number of nitroso groups, excluding NO2 is 1. The highest BCUT2D eigenvalue weighted by atomic mass is 16.5. The molecule has 0 aromatic carbocycles. The number of aliphatic hydroxyl groups is 4. The van der Waals surface area contributed by atoms with E-state index in [2.05, 4.69) is 5.29 Å². The van der Waals surface area contributed by atoms with Crippen molar-refractivity contribution >= 4 is 6.03 Å². The quantitative estimate of drug-likeness (QED) is 0.208. The lowest BCUT2D eigenvalue weighted by molar-refractivity contribution is -0.246. The molecule has 1 rings (SSSR count). The molecular weight excluding hydrogens is 250 g/mol. The summed E-state index contributed by atoms with van der Waals surface area (Å²) in [4.78, 5) is 21.4. The van der Waals surface area contributed by atoms with Crippen LogP contribution in [0.1, 0.15) is 0 Å². The maximum Gasteiger partial charge on any atom is 0.342 e. The van der Waals surface area contributed by atoms with E-state index in [0.717, 1.165) is 7.05 Å². The summed E-state index contributed by atoms with van der Waals surface area (Å²) in [5.41, 5.74) is -2.28. The van der Waals surface area contributed by atoms with E-state index < -0.39 is 43.3 Å². The van der Waals surface area contributed by atoms with Gasteiger partial charge in [-0.3, -0.25) is 0 Å². The first-order chi connectivity index (χ1) is 8.35.